The average Bonchev–Trinajstić information content (AvgIpc) is 2.37. The Morgan fingerprint density at radius 1 is 1.56 bits per heavy atom. The highest BCUT2D eigenvalue weighted by molar-refractivity contribution is 8.02. The van der Waals surface area contributed by atoms with Gasteiger partial charge in [0.2, 0.25) is 0 Å². The van der Waals surface area contributed by atoms with Gasteiger partial charge in [0, 0.05) is 27.0 Å². The standard InChI is InChI=1S/C13H18FNOS2/c1-16-10-6-11(18-4-3-14)13(17-2)9-5-8(7-15)12(9)10/h6,8H,3-5,7,15H2,1-2H3. The van der Waals surface area contributed by atoms with Gasteiger partial charge in [-0.05, 0) is 30.9 Å². The van der Waals surface area contributed by atoms with Gasteiger partial charge in [-0.2, -0.15) is 0 Å². The van der Waals surface area contributed by atoms with Crippen molar-refractivity contribution in [2.24, 2.45) is 5.73 Å². The Hall–Kier alpha value is -0.390. The molecule has 0 saturated heterocycles. The number of hydrogen-bond donors (Lipinski definition) is 1. The van der Waals surface area contributed by atoms with Crippen LogP contribution in [0.3, 0.4) is 0 Å². The first-order chi connectivity index (χ1) is 8.76. The Morgan fingerprint density at radius 2 is 2.33 bits per heavy atom. The molecule has 18 heavy (non-hydrogen) atoms. The largest absolute Gasteiger partial charge is 0.496 e. The van der Waals surface area contributed by atoms with E-state index in [-0.39, 0.29) is 6.67 Å². The molecule has 0 saturated carbocycles. The van der Waals surface area contributed by atoms with Crippen LogP contribution in [0, 0.1) is 0 Å². The first-order valence-electron chi connectivity index (χ1n) is 5.93. The van der Waals surface area contributed by atoms with E-state index in [1.807, 2.05) is 6.07 Å². The lowest BCUT2D eigenvalue weighted by Gasteiger charge is -2.34. The number of halogens is 1. The van der Waals surface area contributed by atoms with Gasteiger partial charge in [-0.3, -0.25) is 4.39 Å². The molecule has 1 aliphatic rings. The lowest BCUT2D eigenvalue weighted by molar-refractivity contribution is 0.394. The van der Waals surface area contributed by atoms with Crippen LogP contribution in [0.4, 0.5) is 4.39 Å². The second-order valence-electron chi connectivity index (χ2n) is 4.18. The van der Waals surface area contributed by atoms with Crippen LogP contribution in [0.25, 0.3) is 0 Å². The number of hydrogen-bond acceptors (Lipinski definition) is 4. The highest BCUT2D eigenvalue weighted by Crippen LogP contribution is 2.49. The Balaban J connectivity index is 2.41. The molecular weight excluding hydrogens is 269 g/mol. The van der Waals surface area contributed by atoms with Gasteiger partial charge in [0.25, 0.3) is 0 Å². The van der Waals surface area contributed by atoms with Crippen molar-refractivity contribution < 1.29 is 9.13 Å². The van der Waals surface area contributed by atoms with Gasteiger partial charge in [-0.1, -0.05) is 0 Å². The zero-order valence-electron chi connectivity index (χ0n) is 10.7. The molecule has 2 nitrogen and oxygen atoms in total. The fourth-order valence-electron chi connectivity index (χ4n) is 2.40. The molecule has 0 fully saturated rings. The molecule has 5 heteroatoms. The molecule has 1 atom stereocenters. The summed E-state index contributed by atoms with van der Waals surface area (Å²) in [7, 11) is 1.68. The summed E-state index contributed by atoms with van der Waals surface area (Å²) in [6.07, 6.45) is 3.08. The van der Waals surface area contributed by atoms with E-state index in [4.69, 9.17) is 10.5 Å². The molecule has 0 heterocycles. The molecule has 2 rings (SSSR count). The van der Waals surface area contributed by atoms with Crippen molar-refractivity contribution in [3.8, 4) is 5.75 Å². The van der Waals surface area contributed by atoms with E-state index in [9.17, 15) is 4.39 Å². The van der Waals surface area contributed by atoms with E-state index in [0.717, 1.165) is 17.1 Å². The molecule has 1 aliphatic carbocycles. The van der Waals surface area contributed by atoms with Crippen molar-refractivity contribution in [3.63, 3.8) is 0 Å². The van der Waals surface area contributed by atoms with E-state index in [1.165, 1.54) is 16.0 Å². The summed E-state index contributed by atoms with van der Waals surface area (Å²) in [5.41, 5.74) is 8.37. The second kappa shape index (κ2) is 6.17. The maximum absolute atomic E-state index is 12.3. The molecular formula is C13H18FNOS2. The summed E-state index contributed by atoms with van der Waals surface area (Å²) >= 11 is 3.29. The average molecular weight is 287 g/mol. The smallest absolute Gasteiger partial charge is 0.123 e. The van der Waals surface area contributed by atoms with Gasteiger partial charge >= 0.3 is 0 Å². The van der Waals surface area contributed by atoms with Gasteiger partial charge in [-0.15, -0.1) is 23.5 Å². The molecule has 2 N–H and O–H groups in total. The van der Waals surface area contributed by atoms with Crippen LogP contribution < -0.4 is 10.5 Å². The lowest BCUT2D eigenvalue weighted by Crippen LogP contribution is -2.26. The maximum Gasteiger partial charge on any atom is 0.123 e. The van der Waals surface area contributed by atoms with E-state index in [1.54, 1.807) is 30.6 Å². The number of thioether (sulfide) groups is 2. The normalized spacial score (nSPS) is 17.2. The van der Waals surface area contributed by atoms with Crippen LogP contribution in [-0.2, 0) is 6.42 Å². The van der Waals surface area contributed by atoms with Crippen LogP contribution in [0.5, 0.6) is 5.75 Å². The van der Waals surface area contributed by atoms with Gasteiger partial charge in [-0.25, -0.2) is 0 Å². The molecule has 0 aliphatic heterocycles. The van der Waals surface area contributed by atoms with Crippen molar-refractivity contribution >= 4 is 23.5 Å². The number of benzene rings is 1. The number of nitrogens with two attached hydrogens (primary N) is 1. The van der Waals surface area contributed by atoms with Gasteiger partial charge in [0.05, 0.1) is 13.8 Å². The van der Waals surface area contributed by atoms with E-state index >= 15 is 0 Å². The van der Waals surface area contributed by atoms with Gasteiger partial charge < -0.3 is 10.5 Å². The van der Waals surface area contributed by atoms with E-state index < -0.39 is 0 Å². The van der Waals surface area contributed by atoms with Crippen molar-refractivity contribution in [2.75, 3.05) is 32.3 Å². The number of rotatable bonds is 6. The quantitative estimate of drug-likeness (QED) is 0.816. The fraction of sp³-hybridized carbons (Fsp3) is 0.538. The molecule has 0 aromatic heterocycles. The number of alkyl halides is 1. The van der Waals surface area contributed by atoms with Crippen LogP contribution >= 0.6 is 23.5 Å². The maximum atomic E-state index is 12.3. The Kier molecular flexibility index (Phi) is 4.81. The Labute approximate surface area is 116 Å². The highest BCUT2D eigenvalue weighted by atomic mass is 32.2. The zero-order valence-corrected chi connectivity index (χ0v) is 12.3. The van der Waals surface area contributed by atoms with Crippen LogP contribution in [0.2, 0.25) is 0 Å². The number of methoxy groups -OCH3 is 1. The second-order valence-corrected chi connectivity index (χ2v) is 6.13. The summed E-state index contributed by atoms with van der Waals surface area (Å²) in [5.74, 6) is 1.82. The third-order valence-electron chi connectivity index (χ3n) is 3.25. The van der Waals surface area contributed by atoms with Crippen molar-refractivity contribution in [2.45, 2.75) is 22.1 Å². The molecule has 1 aromatic carbocycles. The molecule has 0 bridgehead atoms. The summed E-state index contributed by atoms with van der Waals surface area (Å²) in [6, 6.07) is 2.03. The van der Waals surface area contributed by atoms with Crippen molar-refractivity contribution in [3.05, 3.63) is 17.2 Å². The summed E-state index contributed by atoms with van der Waals surface area (Å²) in [5, 5.41) is 0. The predicted octanol–water partition coefficient (Wildman–Crippen LogP) is 3.08. The third kappa shape index (κ3) is 2.36. The Bertz CT molecular complexity index is 439. The SMILES string of the molecule is COc1cc(SCCF)c(SC)c2c1C(CN)C2. The topological polar surface area (TPSA) is 35.2 Å². The third-order valence-corrected chi connectivity index (χ3v) is 5.25. The van der Waals surface area contributed by atoms with Crippen LogP contribution in [-0.4, -0.2) is 32.3 Å². The zero-order chi connectivity index (χ0) is 13.1. The Morgan fingerprint density at radius 3 is 2.89 bits per heavy atom. The van der Waals surface area contributed by atoms with Crippen LogP contribution in [0.15, 0.2) is 15.9 Å². The monoisotopic (exact) mass is 287 g/mol. The number of ether oxygens (including phenoxy) is 1. The molecule has 0 spiro atoms. The summed E-state index contributed by atoms with van der Waals surface area (Å²) < 4.78 is 17.8. The van der Waals surface area contributed by atoms with Crippen molar-refractivity contribution in [1.29, 1.82) is 0 Å². The minimum atomic E-state index is -0.302. The minimum Gasteiger partial charge on any atom is -0.496 e. The first kappa shape index (κ1) is 14.0. The fourth-order valence-corrected chi connectivity index (χ4v) is 4.27. The summed E-state index contributed by atoms with van der Waals surface area (Å²) in [6.45, 7) is 0.359. The molecule has 1 unspecified atom stereocenters. The molecule has 1 aromatic rings. The molecule has 0 amide bonds. The first-order valence-corrected chi connectivity index (χ1v) is 8.14. The van der Waals surface area contributed by atoms with E-state index in [2.05, 4.69) is 6.26 Å². The van der Waals surface area contributed by atoms with Gasteiger partial charge in [0.1, 0.15) is 5.75 Å². The molecule has 0 radical (unpaired) electrons. The predicted molar refractivity (Wildman–Crippen MR) is 77.0 cm³/mol. The van der Waals surface area contributed by atoms with Gasteiger partial charge in [0.15, 0.2) is 0 Å². The number of fused-ring (bicyclic) bond motifs is 1. The summed E-state index contributed by atoms with van der Waals surface area (Å²) in [4.78, 5) is 2.40. The lowest BCUT2D eigenvalue weighted by atomic mass is 9.77. The highest BCUT2D eigenvalue weighted by Gasteiger charge is 2.32. The molecule has 100 valence electrons. The van der Waals surface area contributed by atoms with Crippen LogP contribution in [0.1, 0.15) is 17.0 Å². The minimum absolute atomic E-state index is 0.302. The van der Waals surface area contributed by atoms with Crippen molar-refractivity contribution in [1.82, 2.24) is 0 Å². The van der Waals surface area contributed by atoms with E-state index in [0.29, 0.717) is 18.2 Å².